The van der Waals surface area contributed by atoms with Gasteiger partial charge >= 0.3 is 0 Å². The second-order valence-corrected chi connectivity index (χ2v) is 10.7. The molecule has 2 aromatic heterocycles. The number of aromatic nitrogens is 4. The second-order valence-electron chi connectivity index (χ2n) is 9.74. The normalized spacial score (nSPS) is 13.4. The maximum absolute atomic E-state index is 14.2. The number of hydrogen-bond donors (Lipinski definition) is 0. The van der Waals surface area contributed by atoms with Gasteiger partial charge in [0.15, 0.2) is 10.9 Å². The standard InChI is InChI=1S/C31H29FN6O3S/c1-40-24-13-11-23(12-14-24)38-28(19-22-7-3-2-4-8-22)34-35-31(38)42-21-29-33-26(20-41-29)30(39)37-17-15-36(16-18-37)27-10-6-5-9-25(27)32/h2-14,20H,15-19,21H2,1H3. The number of hydrogen-bond acceptors (Lipinski definition) is 8. The zero-order chi connectivity index (χ0) is 28.9. The number of rotatable bonds is 9. The van der Waals surface area contributed by atoms with Crippen LogP contribution in [0.2, 0.25) is 0 Å². The number of carbonyl (C=O) groups is 1. The minimum absolute atomic E-state index is 0.199. The van der Waals surface area contributed by atoms with Gasteiger partial charge in [-0.2, -0.15) is 0 Å². The number of benzene rings is 3. The molecule has 3 aromatic carbocycles. The van der Waals surface area contributed by atoms with Crippen LogP contribution in [0.3, 0.4) is 0 Å². The van der Waals surface area contributed by atoms with Gasteiger partial charge in [-0.3, -0.25) is 9.36 Å². The van der Waals surface area contributed by atoms with Gasteiger partial charge in [0.05, 0.1) is 18.6 Å². The van der Waals surface area contributed by atoms with Gasteiger partial charge in [0.1, 0.15) is 23.7 Å². The third-order valence-electron chi connectivity index (χ3n) is 7.09. The van der Waals surface area contributed by atoms with Crippen molar-refractivity contribution in [2.24, 2.45) is 0 Å². The number of nitrogens with zero attached hydrogens (tertiary/aromatic N) is 6. The van der Waals surface area contributed by atoms with Crippen molar-refractivity contribution < 1.29 is 18.3 Å². The molecule has 5 aromatic rings. The lowest BCUT2D eigenvalue weighted by Gasteiger charge is -2.35. The molecule has 6 rings (SSSR count). The van der Waals surface area contributed by atoms with Crippen molar-refractivity contribution in [3.8, 4) is 11.4 Å². The average molecular weight is 585 g/mol. The third kappa shape index (κ3) is 6.01. The van der Waals surface area contributed by atoms with E-state index < -0.39 is 0 Å². The molecule has 3 heterocycles. The Morgan fingerprint density at radius 2 is 1.69 bits per heavy atom. The minimum atomic E-state index is -0.258. The van der Waals surface area contributed by atoms with E-state index >= 15 is 0 Å². The van der Waals surface area contributed by atoms with Crippen molar-refractivity contribution in [1.82, 2.24) is 24.6 Å². The Kier molecular flexibility index (Phi) is 8.18. The van der Waals surface area contributed by atoms with Gasteiger partial charge in [-0.15, -0.1) is 10.2 Å². The topological polar surface area (TPSA) is 89.5 Å². The third-order valence-corrected chi connectivity index (χ3v) is 8.01. The van der Waals surface area contributed by atoms with E-state index in [4.69, 9.17) is 9.15 Å². The van der Waals surface area contributed by atoms with E-state index in [0.717, 1.165) is 22.8 Å². The molecule has 0 N–H and O–H groups in total. The number of ether oxygens (including phenoxy) is 1. The monoisotopic (exact) mass is 584 g/mol. The van der Waals surface area contributed by atoms with Crippen LogP contribution in [0.15, 0.2) is 94.7 Å². The van der Waals surface area contributed by atoms with Crippen LogP contribution in [0.25, 0.3) is 5.69 Å². The fourth-order valence-electron chi connectivity index (χ4n) is 4.90. The van der Waals surface area contributed by atoms with E-state index in [0.29, 0.717) is 55.1 Å². The van der Waals surface area contributed by atoms with Crippen molar-refractivity contribution >= 4 is 23.4 Å². The van der Waals surface area contributed by atoms with Crippen molar-refractivity contribution in [3.63, 3.8) is 0 Å². The molecule has 0 saturated carbocycles. The molecular formula is C31H29FN6O3S. The molecule has 9 nitrogen and oxygen atoms in total. The van der Waals surface area contributed by atoms with Crippen molar-refractivity contribution in [3.05, 3.63) is 114 Å². The summed E-state index contributed by atoms with van der Waals surface area (Å²) in [7, 11) is 1.64. The Hall–Kier alpha value is -4.64. The van der Waals surface area contributed by atoms with Crippen LogP contribution in [0.1, 0.15) is 27.8 Å². The van der Waals surface area contributed by atoms with Gasteiger partial charge in [0.25, 0.3) is 5.91 Å². The van der Waals surface area contributed by atoms with Crippen LogP contribution in [0, 0.1) is 5.82 Å². The predicted molar refractivity (Wildman–Crippen MR) is 158 cm³/mol. The van der Waals surface area contributed by atoms with Crippen molar-refractivity contribution in [2.45, 2.75) is 17.3 Å². The van der Waals surface area contributed by atoms with Crippen LogP contribution in [0.5, 0.6) is 5.75 Å². The first-order valence-corrected chi connectivity index (χ1v) is 14.6. The van der Waals surface area contributed by atoms with E-state index in [2.05, 4.69) is 27.3 Å². The lowest BCUT2D eigenvalue weighted by Crippen LogP contribution is -2.49. The maximum atomic E-state index is 14.2. The summed E-state index contributed by atoms with van der Waals surface area (Å²) in [6, 6.07) is 24.5. The van der Waals surface area contributed by atoms with Gasteiger partial charge in [-0.05, 0) is 42.0 Å². The molecule has 1 aliphatic heterocycles. The first-order valence-electron chi connectivity index (χ1n) is 13.6. The molecule has 1 amide bonds. The van der Waals surface area contributed by atoms with Gasteiger partial charge in [-0.25, -0.2) is 9.37 Å². The number of anilines is 1. The van der Waals surface area contributed by atoms with E-state index in [-0.39, 0.29) is 17.4 Å². The van der Waals surface area contributed by atoms with Crippen LogP contribution >= 0.6 is 11.8 Å². The summed E-state index contributed by atoms with van der Waals surface area (Å²) in [4.78, 5) is 21.3. The van der Waals surface area contributed by atoms with E-state index in [1.165, 1.54) is 24.1 Å². The highest BCUT2D eigenvalue weighted by molar-refractivity contribution is 7.98. The highest BCUT2D eigenvalue weighted by Crippen LogP contribution is 2.28. The molecule has 0 unspecified atom stereocenters. The molecule has 1 aliphatic rings. The van der Waals surface area contributed by atoms with Crippen LogP contribution in [-0.4, -0.2) is 63.8 Å². The number of oxazole rings is 1. The average Bonchev–Trinajstić information content (AvgIpc) is 3.68. The number of halogens is 1. The SMILES string of the molecule is COc1ccc(-n2c(Cc3ccccc3)nnc2SCc2nc(C(=O)N3CCN(c4ccccc4F)CC3)co2)cc1. The molecule has 0 bridgehead atoms. The first kappa shape index (κ1) is 27.5. The second kappa shape index (κ2) is 12.5. The highest BCUT2D eigenvalue weighted by Gasteiger charge is 2.26. The fourth-order valence-corrected chi connectivity index (χ4v) is 5.72. The molecule has 0 atom stereocenters. The van der Waals surface area contributed by atoms with E-state index in [9.17, 15) is 9.18 Å². The Balaban J connectivity index is 1.13. The van der Waals surface area contributed by atoms with Crippen LogP contribution in [-0.2, 0) is 12.2 Å². The lowest BCUT2D eigenvalue weighted by atomic mass is 10.1. The summed E-state index contributed by atoms with van der Waals surface area (Å²) < 4.78 is 27.2. The number of piperazine rings is 1. The molecule has 42 heavy (non-hydrogen) atoms. The molecule has 0 radical (unpaired) electrons. The molecule has 0 aliphatic carbocycles. The minimum Gasteiger partial charge on any atom is -0.497 e. The van der Waals surface area contributed by atoms with Gasteiger partial charge in [0.2, 0.25) is 5.89 Å². The molecule has 0 spiro atoms. The fraction of sp³-hybridized carbons (Fsp3) is 0.226. The summed E-state index contributed by atoms with van der Waals surface area (Å²) in [6.07, 6.45) is 2.01. The molecule has 1 saturated heterocycles. The summed E-state index contributed by atoms with van der Waals surface area (Å²) >= 11 is 1.43. The highest BCUT2D eigenvalue weighted by atomic mass is 32.2. The number of carbonyl (C=O) groups excluding carboxylic acids is 1. The summed E-state index contributed by atoms with van der Waals surface area (Å²) in [5.41, 5.74) is 2.85. The summed E-state index contributed by atoms with van der Waals surface area (Å²) in [5.74, 6) is 1.89. The summed E-state index contributed by atoms with van der Waals surface area (Å²) in [5, 5.41) is 9.64. The zero-order valence-electron chi connectivity index (χ0n) is 23.0. The largest absolute Gasteiger partial charge is 0.497 e. The zero-order valence-corrected chi connectivity index (χ0v) is 23.8. The molecule has 214 valence electrons. The predicted octanol–water partition coefficient (Wildman–Crippen LogP) is 5.25. The van der Waals surface area contributed by atoms with Crippen LogP contribution in [0.4, 0.5) is 10.1 Å². The molecular weight excluding hydrogens is 555 g/mol. The quantitative estimate of drug-likeness (QED) is 0.217. The smallest absolute Gasteiger partial charge is 0.275 e. The van der Waals surface area contributed by atoms with Gasteiger partial charge in [-0.1, -0.05) is 54.2 Å². The van der Waals surface area contributed by atoms with Gasteiger partial charge in [0, 0.05) is 38.3 Å². The van der Waals surface area contributed by atoms with E-state index in [1.54, 1.807) is 24.1 Å². The Morgan fingerprint density at radius 1 is 0.952 bits per heavy atom. The lowest BCUT2D eigenvalue weighted by molar-refractivity contribution is 0.0740. The number of thioether (sulfide) groups is 1. The van der Waals surface area contributed by atoms with Crippen molar-refractivity contribution in [1.29, 1.82) is 0 Å². The maximum Gasteiger partial charge on any atom is 0.275 e. The Morgan fingerprint density at radius 3 is 2.43 bits per heavy atom. The summed E-state index contributed by atoms with van der Waals surface area (Å²) in [6.45, 7) is 2.03. The molecule has 11 heteroatoms. The van der Waals surface area contributed by atoms with Crippen LogP contribution < -0.4 is 9.64 Å². The first-order chi connectivity index (χ1) is 20.6. The van der Waals surface area contributed by atoms with Gasteiger partial charge < -0.3 is 19.0 Å². The van der Waals surface area contributed by atoms with E-state index in [1.807, 2.05) is 58.0 Å². The molecule has 1 fully saturated rings. The number of amides is 1. The van der Waals surface area contributed by atoms with Crippen molar-refractivity contribution in [2.75, 3.05) is 38.2 Å². The number of para-hydroxylation sites is 1. The number of methoxy groups -OCH3 is 1. The Labute approximate surface area is 246 Å². The Bertz CT molecular complexity index is 1650.